The summed E-state index contributed by atoms with van der Waals surface area (Å²) >= 11 is 5.97. The Hall–Kier alpha value is -3.10. The number of nitrogens with one attached hydrogen (secondary N) is 2. The van der Waals surface area contributed by atoms with Crippen LogP contribution in [-0.4, -0.2) is 9.97 Å². The van der Waals surface area contributed by atoms with Crippen molar-refractivity contribution in [2.24, 2.45) is 0 Å². The van der Waals surface area contributed by atoms with E-state index in [-0.39, 0.29) is 0 Å². The van der Waals surface area contributed by atoms with Crippen molar-refractivity contribution in [1.29, 1.82) is 5.26 Å². The Morgan fingerprint density at radius 3 is 2.54 bits per heavy atom. The minimum atomic E-state index is 0.587. The topological polar surface area (TPSA) is 73.6 Å². The van der Waals surface area contributed by atoms with Gasteiger partial charge in [-0.15, -0.1) is 0 Å². The summed E-state index contributed by atoms with van der Waals surface area (Å²) in [5.41, 5.74) is 3.33. The largest absolute Gasteiger partial charge is 0.340 e. The number of anilines is 4. The van der Waals surface area contributed by atoms with Crippen molar-refractivity contribution in [2.75, 3.05) is 10.6 Å². The van der Waals surface area contributed by atoms with Crippen LogP contribution in [0.25, 0.3) is 0 Å². The van der Waals surface area contributed by atoms with Gasteiger partial charge in [0.2, 0.25) is 0 Å². The van der Waals surface area contributed by atoms with Crippen LogP contribution in [0.4, 0.5) is 23.0 Å². The standard InChI is InChI=1S/C18H14ClN5/c1-12-7-14(19)5-6-16(12)24-18-9-17(21-11-22-18)23-15-4-2-3-13(8-15)10-20/h2-9,11H,1H3,(H2,21,22,23,24). The lowest BCUT2D eigenvalue weighted by atomic mass is 10.2. The van der Waals surface area contributed by atoms with Gasteiger partial charge in [0.15, 0.2) is 0 Å². The fourth-order valence-corrected chi connectivity index (χ4v) is 2.44. The smallest absolute Gasteiger partial charge is 0.135 e. The Bertz CT molecular complexity index is 917. The second-order valence-corrected chi connectivity index (χ2v) is 5.63. The first-order valence-corrected chi connectivity index (χ1v) is 7.64. The maximum absolute atomic E-state index is 8.96. The van der Waals surface area contributed by atoms with Gasteiger partial charge in [0.25, 0.3) is 0 Å². The number of hydrogen-bond donors (Lipinski definition) is 2. The van der Waals surface area contributed by atoms with E-state index < -0.39 is 0 Å². The van der Waals surface area contributed by atoms with Gasteiger partial charge in [-0.2, -0.15) is 5.26 Å². The van der Waals surface area contributed by atoms with Crippen LogP contribution in [0.5, 0.6) is 0 Å². The van der Waals surface area contributed by atoms with Gasteiger partial charge < -0.3 is 10.6 Å². The van der Waals surface area contributed by atoms with E-state index in [1.54, 1.807) is 18.2 Å². The Labute approximate surface area is 145 Å². The summed E-state index contributed by atoms with van der Waals surface area (Å²) in [5.74, 6) is 1.29. The highest BCUT2D eigenvalue weighted by atomic mass is 35.5. The third kappa shape index (κ3) is 3.80. The molecule has 0 unspecified atom stereocenters. The van der Waals surface area contributed by atoms with Gasteiger partial charge in [0.05, 0.1) is 11.6 Å². The van der Waals surface area contributed by atoms with E-state index in [1.165, 1.54) is 6.33 Å². The number of nitriles is 1. The van der Waals surface area contributed by atoms with Crippen LogP contribution in [0, 0.1) is 18.3 Å². The summed E-state index contributed by atoms with van der Waals surface area (Å²) in [6.45, 7) is 1.97. The SMILES string of the molecule is Cc1cc(Cl)ccc1Nc1cc(Nc2cccc(C#N)c2)ncn1. The van der Waals surface area contributed by atoms with Crippen molar-refractivity contribution in [3.05, 3.63) is 71.0 Å². The van der Waals surface area contributed by atoms with E-state index in [4.69, 9.17) is 16.9 Å². The van der Waals surface area contributed by atoms with Crippen molar-refractivity contribution in [3.63, 3.8) is 0 Å². The zero-order chi connectivity index (χ0) is 16.9. The molecule has 5 nitrogen and oxygen atoms in total. The molecule has 0 fully saturated rings. The maximum Gasteiger partial charge on any atom is 0.135 e. The van der Waals surface area contributed by atoms with Crippen LogP contribution in [0.3, 0.4) is 0 Å². The van der Waals surface area contributed by atoms with Crippen molar-refractivity contribution in [1.82, 2.24) is 9.97 Å². The molecule has 24 heavy (non-hydrogen) atoms. The highest BCUT2D eigenvalue weighted by molar-refractivity contribution is 6.30. The molecule has 1 aromatic heterocycles. The Morgan fingerprint density at radius 2 is 1.79 bits per heavy atom. The fraction of sp³-hybridized carbons (Fsp3) is 0.0556. The van der Waals surface area contributed by atoms with Gasteiger partial charge in [-0.3, -0.25) is 0 Å². The van der Waals surface area contributed by atoms with Crippen LogP contribution >= 0.6 is 11.6 Å². The molecule has 2 aromatic carbocycles. The molecule has 3 rings (SSSR count). The van der Waals surface area contributed by atoms with E-state index >= 15 is 0 Å². The molecule has 6 heteroatoms. The highest BCUT2D eigenvalue weighted by Crippen LogP contribution is 2.24. The number of halogens is 1. The van der Waals surface area contributed by atoms with Gasteiger partial charge in [0.1, 0.15) is 18.0 Å². The van der Waals surface area contributed by atoms with Crippen molar-refractivity contribution in [2.45, 2.75) is 6.92 Å². The molecule has 0 aliphatic rings. The summed E-state index contributed by atoms with van der Waals surface area (Å²) in [6, 6.07) is 16.7. The number of nitrogens with zero attached hydrogens (tertiary/aromatic N) is 3. The molecule has 0 bridgehead atoms. The predicted molar refractivity (Wildman–Crippen MR) is 95.9 cm³/mol. The molecule has 1 heterocycles. The zero-order valence-electron chi connectivity index (χ0n) is 12.9. The van der Waals surface area contributed by atoms with Crippen LogP contribution in [0.1, 0.15) is 11.1 Å². The van der Waals surface area contributed by atoms with E-state index in [0.29, 0.717) is 22.2 Å². The lowest BCUT2D eigenvalue weighted by Gasteiger charge is -2.11. The third-order valence-electron chi connectivity index (χ3n) is 3.38. The van der Waals surface area contributed by atoms with Gasteiger partial charge in [-0.1, -0.05) is 17.7 Å². The number of aryl methyl sites for hydroxylation is 1. The summed E-state index contributed by atoms with van der Waals surface area (Å²) < 4.78 is 0. The maximum atomic E-state index is 8.96. The van der Waals surface area contributed by atoms with Gasteiger partial charge >= 0.3 is 0 Å². The number of hydrogen-bond acceptors (Lipinski definition) is 5. The predicted octanol–water partition coefficient (Wildman–Crippen LogP) is 4.80. The average molecular weight is 336 g/mol. The second kappa shape index (κ2) is 6.99. The van der Waals surface area contributed by atoms with Crippen LogP contribution in [0.15, 0.2) is 54.9 Å². The molecule has 0 saturated heterocycles. The van der Waals surface area contributed by atoms with Crippen molar-refractivity contribution >= 4 is 34.6 Å². The molecular weight excluding hydrogens is 322 g/mol. The summed E-state index contributed by atoms with van der Waals surface area (Å²) in [6.07, 6.45) is 1.48. The molecule has 118 valence electrons. The highest BCUT2D eigenvalue weighted by Gasteiger charge is 2.04. The van der Waals surface area contributed by atoms with E-state index in [2.05, 4.69) is 26.7 Å². The lowest BCUT2D eigenvalue weighted by Crippen LogP contribution is -1.99. The van der Waals surface area contributed by atoms with Crippen molar-refractivity contribution in [3.8, 4) is 6.07 Å². The molecule has 0 saturated carbocycles. The van der Waals surface area contributed by atoms with Crippen LogP contribution in [-0.2, 0) is 0 Å². The van der Waals surface area contributed by atoms with Gasteiger partial charge in [-0.25, -0.2) is 9.97 Å². The molecule has 0 aliphatic heterocycles. The lowest BCUT2D eigenvalue weighted by molar-refractivity contribution is 1.16. The molecule has 0 aliphatic carbocycles. The quantitative estimate of drug-likeness (QED) is 0.716. The molecule has 0 atom stereocenters. The molecular formula is C18H14ClN5. The van der Waals surface area contributed by atoms with Crippen molar-refractivity contribution < 1.29 is 0 Å². The average Bonchev–Trinajstić information content (AvgIpc) is 2.58. The van der Waals surface area contributed by atoms with Gasteiger partial charge in [0, 0.05) is 22.5 Å². The van der Waals surface area contributed by atoms with Gasteiger partial charge in [-0.05, 0) is 48.9 Å². The number of rotatable bonds is 4. The normalized spacial score (nSPS) is 10.0. The first-order valence-electron chi connectivity index (χ1n) is 7.26. The summed E-state index contributed by atoms with van der Waals surface area (Å²) in [7, 11) is 0. The minimum absolute atomic E-state index is 0.587. The zero-order valence-corrected chi connectivity index (χ0v) is 13.7. The molecule has 3 aromatic rings. The second-order valence-electron chi connectivity index (χ2n) is 5.19. The molecule has 0 radical (unpaired) electrons. The Kier molecular flexibility index (Phi) is 4.59. The monoisotopic (exact) mass is 335 g/mol. The summed E-state index contributed by atoms with van der Waals surface area (Å²) in [4.78, 5) is 8.43. The molecule has 0 spiro atoms. The van der Waals surface area contributed by atoms with Crippen LogP contribution < -0.4 is 10.6 Å². The number of benzene rings is 2. The van der Waals surface area contributed by atoms with E-state index in [0.717, 1.165) is 16.9 Å². The minimum Gasteiger partial charge on any atom is -0.340 e. The van der Waals surface area contributed by atoms with E-state index in [1.807, 2.05) is 37.3 Å². The Morgan fingerprint density at radius 1 is 1.00 bits per heavy atom. The van der Waals surface area contributed by atoms with E-state index in [9.17, 15) is 0 Å². The first-order chi connectivity index (χ1) is 11.6. The molecule has 0 amide bonds. The number of aromatic nitrogens is 2. The Balaban J connectivity index is 1.80. The van der Waals surface area contributed by atoms with Crippen LogP contribution in [0.2, 0.25) is 5.02 Å². The summed E-state index contributed by atoms with van der Waals surface area (Å²) in [5, 5.41) is 16.1. The third-order valence-corrected chi connectivity index (χ3v) is 3.62. The molecule has 2 N–H and O–H groups in total. The first kappa shape index (κ1) is 15.8. The fourth-order valence-electron chi connectivity index (χ4n) is 2.21.